The fraction of sp³-hybridized carbons (Fsp3) is 0.333. The molecule has 0 amide bonds. The molecule has 0 saturated carbocycles. The van der Waals surface area contributed by atoms with Crippen molar-refractivity contribution >= 4 is 29.1 Å². The van der Waals surface area contributed by atoms with Crippen LogP contribution in [0.1, 0.15) is 11.9 Å². The van der Waals surface area contributed by atoms with Crippen LogP contribution < -0.4 is 5.32 Å². The number of nitrogens with zero attached hydrogens (tertiary/aromatic N) is 4. The summed E-state index contributed by atoms with van der Waals surface area (Å²) in [6, 6.07) is 6.13. The third kappa shape index (κ3) is 3.21. The molecule has 0 spiro atoms. The van der Waals surface area contributed by atoms with E-state index in [1.807, 2.05) is 7.05 Å². The number of rotatable bonds is 3. The molecule has 1 aliphatic heterocycles. The van der Waals surface area contributed by atoms with Crippen LogP contribution in [0.4, 0.5) is 5.69 Å². The summed E-state index contributed by atoms with van der Waals surface area (Å²) >= 11 is 0. The highest BCUT2D eigenvalue weighted by molar-refractivity contribution is 5.85. The maximum Gasteiger partial charge on any atom is 0.293 e. The van der Waals surface area contributed by atoms with Crippen LogP contribution in [0.15, 0.2) is 33.2 Å². The molecule has 0 bridgehead atoms. The standard InChI is InChI=1S/C15H15N5O4.ClH/c1-19-5-4-16-8-11(19)14-17-15(24-18-14)13-7-9-6-10(20(21)22)2-3-12(9)23-13;/h2-3,6-7,11,16H,4-5,8H2,1H3;1H. The van der Waals surface area contributed by atoms with E-state index in [0.717, 1.165) is 19.6 Å². The summed E-state index contributed by atoms with van der Waals surface area (Å²) in [6.45, 7) is 2.59. The van der Waals surface area contributed by atoms with E-state index in [0.29, 0.717) is 22.6 Å². The molecular formula is C15H16ClN5O4. The number of hydrogen-bond donors (Lipinski definition) is 1. The summed E-state index contributed by atoms with van der Waals surface area (Å²) in [5.74, 6) is 1.25. The summed E-state index contributed by atoms with van der Waals surface area (Å²) in [4.78, 5) is 17.0. The van der Waals surface area contributed by atoms with Gasteiger partial charge in [-0.1, -0.05) is 5.16 Å². The summed E-state index contributed by atoms with van der Waals surface area (Å²) in [6.07, 6.45) is 0. The second kappa shape index (κ2) is 6.79. The highest BCUT2D eigenvalue weighted by atomic mass is 35.5. The Morgan fingerprint density at radius 1 is 1.40 bits per heavy atom. The van der Waals surface area contributed by atoms with Gasteiger partial charge in [-0.3, -0.25) is 15.0 Å². The Bertz CT molecular complexity index is 908. The zero-order chi connectivity index (χ0) is 16.7. The molecule has 2 aromatic heterocycles. The molecule has 3 aromatic rings. The van der Waals surface area contributed by atoms with Gasteiger partial charge in [-0.15, -0.1) is 12.4 Å². The van der Waals surface area contributed by atoms with Gasteiger partial charge in [0.2, 0.25) is 0 Å². The van der Waals surface area contributed by atoms with Gasteiger partial charge in [0.15, 0.2) is 11.6 Å². The number of fused-ring (bicyclic) bond motifs is 1. The van der Waals surface area contributed by atoms with Gasteiger partial charge in [0.1, 0.15) is 5.58 Å². The van der Waals surface area contributed by atoms with Crippen molar-refractivity contribution in [3.63, 3.8) is 0 Å². The average Bonchev–Trinajstić information content (AvgIpc) is 3.21. The second-order valence-corrected chi connectivity index (χ2v) is 5.75. The van der Waals surface area contributed by atoms with Crippen LogP contribution in [-0.4, -0.2) is 46.6 Å². The predicted octanol–water partition coefficient (Wildman–Crippen LogP) is 2.39. The number of benzene rings is 1. The summed E-state index contributed by atoms with van der Waals surface area (Å²) in [5.41, 5.74) is 0.544. The number of likely N-dealkylation sites (N-methyl/N-ethyl adjacent to an activating group) is 1. The number of aromatic nitrogens is 2. The van der Waals surface area contributed by atoms with Crippen LogP contribution >= 0.6 is 12.4 Å². The van der Waals surface area contributed by atoms with Gasteiger partial charge < -0.3 is 14.3 Å². The SMILES string of the molecule is CN1CCNCC1c1noc(-c2cc3cc([N+](=O)[O-])ccc3o2)n1.Cl. The Balaban J connectivity index is 0.00000182. The van der Waals surface area contributed by atoms with E-state index < -0.39 is 4.92 Å². The quantitative estimate of drug-likeness (QED) is 0.556. The summed E-state index contributed by atoms with van der Waals surface area (Å²) < 4.78 is 11.0. The molecule has 3 heterocycles. The molecule has 10 heteroatoms. The molecule has 0 radical (unpaired) electrons. The highest BCUT2D eigenvalue weighted by Gasteiger charge is 2.26. The van der Waals surface area contributed by atoms with Crippen molar-refractivity contribution in [2.24, 2.45) is 0 Å². The minimum absolute atomic E-state index is 0. The Labute approximate surface area is 148 Å². The molecular weight excluding hydrogens is 350 g/mol. The number of furan rings is 1. The van der Waals surface area contributed by atoms with Crippen molar-refractivity contribution in [2.75, 3.05) is 26.7 Å². The lowest BCUT2D eigenvalue weighted by Gasteiger charge is -2.30. The molecule has 4 rings (SSSR count). The fourth-order valence-electron chi connectivity index (χ4n) is 2.81. The first-order chi connectivity index (χ1) is 11.6. The lowest BCUT2D eigenvalue weighted by atomic mass is 10.2. The van der Waals surface area contributed by atoms with E-state index >= 15 is 0 Å². The number of nitro benzene ring substituents is 1. The van der Waals surface area contributed by atoms with Crippen LogP contribution in [0.25, 0.3) is 22.6 Å². The van der Waals surface area contributed by atoms with E-state index in [1.54, 1.807) is 12.1 Å². The lowest BCUT2D eigenvalue weighted by Crippen LogP contribution is -2.44. The largest absolute Gasteiger partial charge is 0.451 e. The molecule has 1 N–H and O–H groups in total. The third-order valence-electron chi connectivity index (χ3n) is 4.17. The molecule has 1 aliphatic rings. The van der Waals surface area contributed by atoms with Gasteiger partial charge in [0, 0.05) is 37.2 Å². The van der Waals surface area contributed by atoms with Gasteiger partial charge >= 0.3 is 0 Å². The number of nitro groups is 1. The minimum atomic E-state index is -0.442. The maximum absolute atomic E-state index is 10.9. The van der Waals surface area contributed by atoms with Crippen molar-refractivity contribution in [1.29, 1.82) is 0 Å². The van der Waals surface area contributed by atoms with Crippen LogP contribution in [0, 0.1) is 10.1 Å². The zero-order valence-electron chi connectivity index (χ0n) is 13.3. The maximum atomic E-state index is 10.9. The van der Waals surface area contributed by atoms with E-state index in [-0.39, 0.29) is 30.0 Å². The van der Waals surface area contributed by atoms with E-state index in [2.05, 4.69) is 20.4 Å². The normalized spacial score (nSPS) is 18.2. The molecule has 1 atom stereocenters. The molecule has 0 aliphatic carbocycles. The van der Waals surface area contributed by atoms with E-state index in [1.165, 1.54) is 12.1 Å². The zero-order valence-corrected chi connectivity index (χ0v) is 14.2. The first-order valence-electron chi connectivity index (χ1n) is 7.55. The molecule has 1 fully saturated rings. The molecule has 1 aromatic carbocycles. The van der Waals surface area contributed by atoms with Crippen molar-refractivity contribution in [3.8, 4) is 11.7 Å². The smallest absolute Gasteiger partial charge is 0.293 e. The van der Waals surface area contributed by atoms with Crippen LogP contribution in [0.2, 0.25) is 0 Å². The molecule has 1 saturated heterocycles. The van der Waals surface area contributed by atoms with Gasteiger partial charge in [0.25, 0.3) is 11.6 Å². The fourth-order valence-corrected chi connectivity index (χ4v) is 2.81. The van der Waals surface area contributed by atoms with Gasteiger partial charge in [-0.2, -0.15) is 4.98 Å². The topological polar surface area (TPSA) is 110 Å². The number of nitrogens with one attached hydrogen (secondary N) is 1. The number of halogens is 1. The molecule has 25 heavy (non-hydrogen) atoms. The Kier molecular flexibility index (Phi) is 4.71. The van der Waals surface area contributed by atoms with Crippen molar-refractivity contribution in [3.05, 3.63) is 40.2 Å². The molecule has 1 unspecified atom stereocenters. The van der Waals surface area contributed by atoms with Crippen LogP contribution in [0.5, 0.6) is 0 Å². The molecule has 132 valence electrons. The lowest BCUT2D eigenvalue weighted by molar-refractivity contribution is -0.384. The second-order valence-electron chi connectivity index (χ2n) is 5.75. The number of hydrogen-bond acceptors (Lipinski definition) is 8. The van der Waals surface area contributed by atoms with Gasteiger partial charge in [-0.05, 0) is 19.2 Å². The first-order valence-corrected chi connectivity index (χ1v) is 7.55. The van der Waals surface area contributed by atoms with E-state index in [4.69, 9.17) is 8.94 Å². The van der Waals surface area contributed by atoms with Gasteiger partial charge in [-0.25, -0.2) is 0 Å². The minimum Gasteiger partial charge on any atom is -0.451 e. The number of non-ortho nitro benzene ring substituents is 1. The van der Waals surface area contributed by atoms with E-state index in [9.17, 15) is 10.1 Å². The first kappa shape index (κ1) is 17.3. The molecule has 9 nitrogen and oxygen atoms in total. The van der Waals surface area contributed by atoms with Crippen molar-refractivity contribution in [1.82, 2.24) is 20.4 Å². The van der Waals surface area contributed by atoms with Crippen molar-refractivity contribution < 1.29 is 13.9 Å². The summed E-state index contributed by atoms with van der Waals surface area (Å²) in [5, 5.41) is 18.8. The highest BCUT2D eigenvalue weighted by Crippen LogP contribution is 2.30. The Morgan fingerprint density at radius 3 is 3.00 bits per heavy atom. The summed E-state index contributed by atoms with van der Waals surface area (Å²) in [7, 11) is 2.02. The van der Waals surface area contributed by atoms with Gasteiger partial charge in [0.05, 0.1) is 11.0 Å². The Hall–Kier alpha value is -2.49. The third-order valence-corrected chi connectivity index (χ3v) is 4.17. The predicted molar refractivity (Wildman–Crippen MR) is 91.6 cm³/mol. The monoisotopic (exact) mass is 365 g/mol. The number of piperazine rings is 1. The average molecular weight is 366 g/mol. The van der Waals surface area contributed by atoms with Crippen LogP contribution in [-0.2, 0) is 0 Å². The van der Waals surface area contributed by atoms with Crippen LogP contribution in [0.3, 0.4) is 0 Å². The van der Waals surface area contributed by atoms with Crippen molar-refractivity contribution in [2.45, 2.75) is 6.04 Å². The Morgan fingerprint density at radius 2 is 2.24 bits per heavy atom.